The third-order valence-electron chi connectivity index (χ3n) is 5.62. The summed E-state index contributed by atoms with van der Waals surface area (Å²) in [7, 11) is 3.11. The smallest absolute Gasteiger partial charge is 0.341 e. The largest absolute Gasteiger partial charge is 0.486 e. The molecule has 8 nitrogen and oxygen atoms in total. The summed E-state index contributed by atoms with van der Waals surface area (Å²) < 4.78 is 12.6. The molecule has 0 spiro atoms. The number of carbonyl (C=O) groups excluding carboxylic acids is 2. The van der Waals surface area contributed by atoms with Crippen LogP contribution in [0.25, 0.3) is 11.1 Å². The summed E-state index contributed by atoms with van der Waals surface area (Å²) in [4.78, 5) is 25.3. The molecule has 0 aliphatic rings. The second-order valence-corrected chi connectivity index (χ2v) is 10.9. The highest BCUT2D eigenvalue weighted by molar-refractivity contribution is 7.99. The summed E-state index contributed by atoms with van der Waals surface area (Å²) in [6.07, 6.45) is 0. The Morgan fingerprint density at radius 3 is 2.45 bits per heavy atom. The molecule has 12 heteroatoms. The van der Waals surface area contributed by atoms with Crippen LogP contribution in [-0.2, 0) is 23.2 Å². The number of carbonyl (C=O) groups is 2. The number of nitrogens with one attached hydrogen (secondary N) is 1. The average molecular weight is 592 g/mol. The van der Waals surface area contributed by atoms with Gasteiger partial charge in [-0.25, -0.2) is 4.79 Å². The first-order valence-electron chi connectivity index (χ1n) is 11.3. The van der Waals surface area contributed by atoms with Gasteiger partial charge >= 0.3 is 5.97 Å². The fourth-order valence-corrected chi connectivity index (χ4v) is 5.56. The van der Waals surface area contributed by atoms with E-state index in [-0.39, 0.29) is 18.3 Å². The molecule has 1 amide bonds. The Bertz CT molecular complexity index is 1460. The molecule has 0 aliphatic carbocycles. The van der Waals surface area contributed by atoms with E-state index >= 15 is 0 Å². The maximum absolute atomic E-state index is 12.8. The number of amides is 1. The molecule has 4 rings (SSSR count). The molecule has 0 radical (unpaired) electrons. The second-order valence-electron chi connectivity index (χ2n) is 8.31. The number of hydrogen-bond donors (Lipinski definition) is 1. The van der Waals surface area contributed by atoms with Crippen LogP contribution in [-0.4, -0.2) is 39.5 Å². The first kappa shape index (κ1) is 28.0. The lowest BCUT2D eigenvalue weighted by molar-refractivity contribution is -0.113. The molecule has 0 saturated heterocycles. The zero-order valence-corrected chi connectivity index (χ0v) is 24.1. The average Bonchev–Trinajstić information content (AvgIpc) is 3.47. The molecule has 38 heavy (non-hydrogen) atoms. The van der Waals surface area contributed by atoms with Gasteiger partial charge in [0.25, 0.3) is 0 Å². The van der Waals surface area contributed by atoms with Crippen LogP contribution in [0, 0.1) is 13.8 Å². The number of thioether (sulfide) groups is 1. The Labute approximate surface area is 238 Å². The number of aromatic nitrogens is 3. The van der Waals surface area contributed by atoms with Crippen LogP contribution in [0.4, 0.5) is 5.00 Å². The number of benzene rings is 2. The molecule has 198 valence electrons. The third-order valence-corrected chi connectivity index (χ3v) is 8.39. The highest BCUT2D eigenvalue weighted by Crippen LogP contribution is 2.37. The van der Waals surface area contributed by atoms with Gasteiger partial charge < -0.3 is 19.4 Å². The number of thiophene rings is 1. The first-order valence-corrected chi connectivity index (χ1v) is 14.0. The van der Waals surface area contributed by atoms with Gasteiger partial charge in [0, 0.05) is 28.0 Å². The summed E-state index contributed by atoms with van der Waals surface area (Å²) in [5.74, 6) is 0.533. The van der Waals surface area contributed by atoms with Gasteiger partial charge in [0.1, 0.15) is 22.9 Å². The van der Waals surface area contributed by atoms with E-state index in [1.54, 1.807) is 22.1 Å². The normalized spacial score (nSPS) is 10.9. The Balaban J connectivity index is 1.40. The van der Waals surface area contributed by atoms with Gasteiger partial charge in [0.15, 0.2) is 11.0 Å². The topological polar surface area (TPSA) is 95.3 Å². The Morgan fingerprint density at radius 1 is 1.11 bits per heavy atom. The molecule has 0 atom stereocenters. The van der Waals surface area contributed by atoms with Crippen LogP contribution in [0.3, 0.4) is 0 Å². The summed E-state index contributed by atoms with van der Waals surface area (Å²) in [5.41, 5.74) is 3.61. The zero-order chi connectivity index (χ0) is 27.4. The summed E-state index contributed by atoms with van der Waals surface area (Å²) in [6.45, 7) is 4.06. The van der Waals surface area contributed by atoms with Crippen molar-refractivity contribution in [2.24, 2.45) is 7.05 Å². The van der Waals surface area contributed by atoms with Crippen molar-refractivity contribution >= 4 is 63.2 Å². The Morgan fingerprint density at radius 2 is 1.79 bits per heavy atom. The predicted molar refractivity (Wildman–Crippen MR) is 152 cm³/mol. The maximum Gasteiger partial charge on any atom is 0.341 e. The number of nitrogens with zero attached hydrogens (tertiary/aromatic N) is 3. The van der Waals surface area contributed by atoms with E-state index in [4.69, 9.17) is 32.7 Å². The molecular weight excluding hydrogens is 567 g/mol. The maximum atomic E-state index is 12.8. The molecule has 2 heterocycles. The van der Waals surface area contributed by atoms with Crippen LogP contribution >= 0.6 is 46.3 Å². The lowest BCUT2D eigenvalue weighted by Gasteiger charge is -2.10. The number of anilines is 1. The van der Waals surface area contributed by atoms with E-state index in [0.29, 0.717) is 37.9 Å². The standard InChI is InChI=1S/C26H24Cl2N4O4S2/c1-14-9-18(10-15(2)23(14)28)36-11-20-30-31-26(32(20)3)38-13-21(33)29-24-22(25(34)35-4)19(12-37-24)16-5-7-17(27)8-6-16/h5-10,12H,11,13H2,1-4H3,(H,29,33). The third kappa shape index (κ3) is 6.32. The molecule has 0 bridgehead atoms. The summed E-state index contributed by atoms with van der Waals surface area (Å²) >= 11 is 14.7. The molecule has 0 aliphatic heterocycles. The van der Waals surface area contributed by atoms with Crippen molar-refractivity contribution in [3.05, 3.63) is 74.3 Å². The van der Waals surface area contributed by atoms with Crippen molar-refractivity contribution in [1.82, 2.24) is 14.8 Å². The number of ether oxygens (including phenoxy) is 2. The first-order chi connectivity index (χ1) is 18.2. The molecule has 1 N–H and O–H groups in total. The van der Waals surface area contributed by atoms with Crippen molar-refractivity contribution in [1.29, 1.82) is 0 Å². The van der Waals surface area contributed by atoms with E-state index in [9.17, 15) is 9.59 Å². The second kappa shape index (κ2) is 12.2. The van der Waals surface area contributed by atoms with Crippen molar-refractivity contribution in [3.8, 4) is 16.9 Å². The molecule has 0 saturated carbocycles. The van der Waals surface area contributed by atoms with E-state index in [1.165, 1.54) is 30.2 Å². The van der Waals surface area contributed by atoms with Gasteiger partial charge in [-0.2, -0.15) is 0 Å². The van der Waals surface area contributed by atoms with Crippen molar-refractivity contribution < 1.29 is 19.1 Å². The number of halogens is 2. The van der Waals surface area contributed by atoms with Crippen molar-refractivity contribution in [2.75, 3.05) is 18.2 Å². The molecule has 4 aromatic rings. The fraction of sp³-hybridized carbons (Fsp3) is 0.231. The molecule has 0 unspecified atom stereocenters. The summed E-state index contributed by atoms with van der Waals surface area (Å²) in [5, 5.41) is 15.3. The highest BCUT2D eigenvalue weighted by atomic mass is 35.5. The molecule has 2 aromatic carbocycles. The van der Waals surface area contributed by atoms with Crippen LogP contribution in [0.15, 0.2) is 46.9 Å². The number of methoxy groups -OCH3 is 1. The fourth-order valence-electron chi connectivity index (χ4n) is 3.62. The Kier molecular flexibility index (Phi) is 8.99. The van der Waals surface area contributed by atoms with Crippen LogP contribution in [0.2, 0.25) is 10.0 Å². The number of rotatable bonds is 9. The van der Waals surface area contributed by atoms with Gasteiger partial charge in [-0.15, -0.1) is 21.5 Å². The lowest BCUT2D eigenvalue weighted by Crippen LogP contribution is -2.16. The molecule has 0 fully saturated rings. The number of aryl methyl sites for hydroxylation is 2. The van der Waals surface area contributed by atoms with Crippen LogP contribution < -0.4 is 10.1 Å². The predicted octanol–water partition coefficient (Wildman–Crippen LogP) is 6.56. The van der Waals surface area contributed by atoms with Gasteiger partial charge in [-0.3, -0.25) is 4.79 Å². The minimum Gasteiger partial charge on any atom is -0.486 e. The Hall–Kier alpha value is -3.05. The highest BCUT2D eigenvalue weighted by Gasteiger charge is 2.23. The van der Waals surface area contributed by atoms with Gasteiger partial charge in [0.2, 0.25) is 5.91 Å². The molecule has 2 aromatic heterocycles. The lowest BCUT2D eigenvalue weighted by atomic mass is 10.0. The van der Waals surface area contributed by atoms with Crippen LogP contribution in [0.5, 0.6) is 5.75 Å². The minimum absolute atomic E-state index is 0.0667. The van der Waals surface area contributed by atoms with Gasteiger partial charge in [-0.1, -0.05) is 47.1 Å². The van der Waals surface area contributed by atoms with Crippen LogP contribution in [0.1, 0.15) is 27.3 Å². The monoisotopic (exact) mass is 590 g/mol. The van der Waals surface area contributed by atoms with Gasteiger partial charge in [-0.05, 0) is 54.8 Å². The van der Waals surface area contributed by atoms with Crippen molar-refractivity contribution in [3.63, 3.8) is 0 Å². The van der Waals surface area contributed by atoms with E-state index in [1.807, 2.05) is 45.2 Å². The SMILES string of the molecule is COC(=O)c1c(-c2ccc(Cl)cc2)csc1NC(=O)CSc1nnc(COc2cc(C)c(Cl)c(C)c2)n1C. The minimum atomic E-state index is -0.539. The zero-order valence-electron chi connectivity index (χ0n) is 21.0. The van der Waals surface area contributed by atoms with E-state index in [0.717, 1.165) is 21.7 Å². The van der Waals surface area contributed by atoms with Crippen molar-refractivity contribution in [2.45, 2.75) is 25.6 Å². The van der Waals surface area contributed by atoms with Gasteiger partial charge in [0.05, 0.1) is 12.9 Å². The quantitative estimate of drug-likeness (QED) is 0.174. The molecular formula is C26H24Cl2N4O4S2. The number of esters is 1. The summed E-state index contributed by atoms with van der Waals surface area (Å²) in [6, 6.07) is 10.8. The number of hydrogen-bond acceptors (Lipinski definition) is 8. The van der Waals surface area contributed by atoms with E-state index in [2.05, 4.69) is 15.5 Å². The van der Waals surface area contributed by atoms with E-state index < -0.39 is 5.97 Å².